The summed E-state index contributed by atoms with van der Waals surface area (Å²) < 4.78 is 13.2. The molecule has 7 nitrogen and oxygen atoms in total. The third-order valence-electron chi connectivity index (χ3n) is 6.65. The number of aromatic nitrogens is 2. The molecule has 5 rings (SSSR count). The molecule has 1 aliphatic heterocycles. The Balaban J connectivity index is 1.62. The Kier molecular flexibility index (Phi) is 7.21. The van der Waals surface area contributed by atoms with E-state index in [4.69, 9.17) is 14.5 Å². The minimum Gasteiger partial charge on any atom is -0.494 e. The number of carbonyl (C=O) groups excluding carboxylic acids is 2. The summed E-state index contributed by atoms with van der Waals surface area (Å²) in [5.74, 6) is -0.576. The fraction of sp³-hybridized carbons (Fsp3) is 0.300. The van der Waals surface area contributed by atoms with Gasteiger partial charge in [0.25, 0.3) is 0 Å². The summed E-state index contributed by atoms with van der Waals surface area (Å²) >= 11 is 0. The zero-order valence-corrected chi connectivity index (χ0v) is 21.2. The monoisotopic (exact) mass is 497 g/mol. The zero-order valence-electron chi connectivity index (χ0n) is 21.2. The first-order chi connectivity index (χ1) is 18.1. The second-order valence-electron chi connectivity index (χ2n) is 9.09. The van der Waals surface area contributed by atoms with Crippen molar-refractivity contribution in [2.24, 2.45) is 5.92 Å². The van der Waals surface area contributed by atoms with Gasteiger partial charge in [-0.3, -0.25) is 14.5 Å². The molecule has 0 saturated heterocycles. The van der Waals surface area contributed by atoms with Crippen LogP contribution in [0, 0.1) is 5.92 Å². The van der Waals surface area contributed by atoms with Gasteiger partial charge in [-0.05, 0) is 55.2 Å². The maximum Gasteiger partial charge on any atom is 0.321 e. The number of nitrogens with zero attached hydrogens (tertiary/aromatic N) is 3. The molecule has 0 bridgehead atoms. The van der Waals surface area contributed by atoms with Crippen LogP contribution in [0.3, 0.4) is 0 Å². The van der Waals surface area contributed by atoms with Crippen LogP contribution in [0.25, 0.3) is 11.0 Å². The van der Waals surface area contributed by atoms with Crippen LogP contribution in [0.5, 0.6) is 5.75 Å². The molecule has 0 unspecified atom stereocenters. The van der Waals surface area contributed by atoms with Gasteiger partial charge in [0.2, 0.25) is 11.9 Å². The van der Waals surface area contributed by atoms with Crippen molar-refractivity contribution in [2.75, 3.05) is 24.7 Å². The molecular formula is C30H31N3O4. The Morgan fingerprint density at radius 3 is 2.41 bits per heavy atom. The summed E-state index contributed by atoms with van der Waals surface area (Å²) in [6.45, 7) is 5.03. The molecule has 2 heterocycles. The summed E-state index contributed by atoms with van der Waals surface area (Å²) in [7, 11) is 0. The van der Waals surface area contributed by atoms with Crippen molar-refractivity contribution in [1.82, 2.24) is 9.55 Å². The van der Waals surface area contributed by atoms with Gasteiger partial charge in [-0.25, -0.2) is 4.98 Å². The summed E-state index contributed by atoms with van der Waals surface area (Å²) in [4.78, 5) is 33.9. The number of fused-ring (bicyclic) bond motifs is 3. The molecule has 3 aromatic carbocycles. The Hall–Kier alpha value is -4.13. The lowest BCUT2D eigenvalue weighted by atomic mass is 9.89. The van der Waals surface area contributed by atoms with Gasteiger partial charge in [0, 0.05) is 6.54 Å². The van der Waals surface area contributed by atoms with E-state index in [9.17, 15) is 9.59 Å². The summed E-state index contributed by atoms with van der Waals surface area (Å²) in [6.07, 6.45) is 1.55. The average Bonchev–Trinajstić information content (AvgIpc) is 3.31. The van der Waals surface area contributed by atoms with Crippen molar-refractivity contribution in [3.05, 3.63) is 90.0 Å². The third kappa shape index (κ3) is 4.81. The van der Waals surface area contributed by atoms with Crippen LogP contribution in [0.1, 0.15) is 37.4 Å². The highest BCUT2D eigenvalue weighted by Crippen LogP contribution is 2.41. The summed E-state index contributed by atoms with van der Waals surface area (Å²) in [5, 5.41) is 0. The highest BCUT2D eigenvalue weighted by Gasteiger charge is 2.47. The molecule has 0 saturated carbocycles. The van der Waals surface area contributed by atoms with E-state index in [0.717, 1.165) is 34.3 Å². The van der Waals surface area contributed by atoms with E-state index < -0.39 is 17.9 Å². The minimum atomic E-state index is -1.04. The molecule has 0 fully saturated rings. The quantitative estimate of drug-likeness (QED) is 0.235. The SMILES string of the molecule is CCCOc1ccc([C@@H]2[C@H](C(=O)OCC)C(=O)N(CCc3ccccc3)c3nc4ccccc4n32)cc1. The summed E-state index contributed by atoms with van der Waals surface area (Å²) in [6, 6.07) is 24.8. The molecule has 1 aliphatic rings. The molecule has 4 aromatic rings. The fourth-order valence-corrected chi connectivity index (χ4v) is 4.93. The van der Waals surface area contributed by atoms with Crippen LogP contribution in [0.15, 0.2) is 78.9 Å². The lowest BCUT2D eigenvalue weighted by Gasteiger charge is -2.38. The van der Waals surface area contributed by atoms with E-state index in [0.29, 0.717) is 25.5 Å². The summed E-state index contributed by atoms with van der Waals surface area (Å²) in [5.41, 5.74) is 3.56. The van der Waals surface area contributed by atoms with Crippen LogP contribution in [0.4, 0.5) is 5.95 Å². The van der Waals surface area contributed by atoms with Gasteiger partial charge < -0.3 is 14.0 Å². The van der Waals surface area contributed by atoms with Crippen molar-refractivity contribution in [3.63, 3.8) is 0 Å². The zero-order chi connectivity index (χ0) is 25.8. The van der Waals surface area contributed by atoms with Gasteiger partial charge in [-0.1, -0.05) is 61.5 Å². The molecule has 190 valence electrons. The van der Waals surface area contributed by atoms with Crippen LogP contribution < -0.4 is 9.64 Å². The molecule has 0 spiro atoms. The molecule has 0 N–H and O–H groups in total. The van der Waals surface area contributed by atoms with E-state index in [1.54, 1.807) is 11.8 Å². The lowest BCUT2D eigenvalue weighted by Crippen LogP contribution is -2.50. The molecule has 1 aromatic heterocycles. The minimum absolute atomic E-state index is 0.195. The molecule has 0 aliphatic carbocycles. The number of para-hydroxylation sites is 2. The molecule has 2 atom stereocenters. The second-order valence-corrected chi connectivity index (χ2v) is 9.09. The number of rotatable bonds is 9. The highest BCUT2D eigenvalue weighted by molar-refractivity contribution is 6.08. The van der Waals surface area contributed by atoms with E-state index in [1.807, 2.05) is 83.4 Å². The molecular weight excluding hydrogens is 466 g/mol. The first-order valence-corrected chi connectivity index (χ1v) is 12.8. The highest BCUT2D eigenvalue weighted by atomic mass is 16.5. The fourth-order valence-electron chi connectivity index (χ4n) is 4.93. The Labute approximate surface area is 216 Å². The van der Waals surface area contributed by atoms with Gasteiger partial charge in [0.1, 0.15) is 5.75 Å². The molecule has 1 amide bonds. The standard InChI is InChI=1S/C30H31N3O4/c1-3-20-37-23-16-14-22(15-17-23)27-26(29(35)36-4-2)28(34)32(19-18-21-10-6-5-7-11-21)30-31-24-12-8-9-13-25(24)33(27)30/h5-17,26-27H,3-4,18-20H2,1-2H3/t26-,27+/m0/s1. The number of anilines is 1. The number of carbonyl (C=O) groups is 2. The van der Waals surface area contributed by atoms with Gasteiger partial charge in [-0.2, -0.15) is 0 Å². The third-order valence-corrected chi connectivity index (χ3v) is 6.65. The van der Waals surface area contributed by atoms with Crippen molar-refractivity contribution >= 4 is 28.9 Å². The predicted octanol–water partition coefficient (Wildman–Crippen LogP) is 5.18. The lowest BCUT2D eigenvalue weighted by molar-refractivity contribution is -0.153. The second kappa shape index (κ2) is 10.9. The molecule has 37 heavy (non-hydrogen) atoms. The maximum atomic E-state index is 14.0. The molecule has 0 radical (unpaired) electrons. The first kappa shape index (κ1) is 24.6. The van der Waals surface area contributed by atoms with E-state index in [-0.39, 0.29) is 12.5 Å². The van der Waals surface area contributed by atoms with E-state index >= 15 is 0 Å². The number of imidazole rings is 1. The normalized spacial score (nSPS) is 17.0. The van der Waals surface area contributed by atoms with Crippen LogP contribution in [-0.4, -0.2) is 41.2 Å². The van der Waals surface area contributed by atoms with Gasteiger partial charge in [0.05, 0.1) is 30.3 Å². The number of hydrogen-bond donors (Lipinski definition) is 0. The van der Waals surface area contributed by atoms with Crippen molar-refractivity contribution < 1.29 is 19.1 Å². The average molecular weight is 498 g/mol. The Morgan fingerprint density at radius 1 is 0.946 bits per heavy atom. The predicted molar refractivity (Wildman–Crippen MR) is 143 cm³/mol. The largest absolute Gasteiger partial charge is 0.494 e. The number of esters is 1. The van der Waals surface area contributed by atoms with Crippen LogP contribution >= 0.6 is 0 Å². The van der Waals surface area contributed by atoms with Crippen molar-refractivity contribution in [1.29, 1.82) is 0 Å². The Morgan fingerprint density at radius 2 is 1.68 bits per heavy atom. The molecule has 7 heteroatoms. The number of benzene rings is 3. The maximum absolute atomic E-state index is 14.0. The number of hydrogen-bond acceptors (Lipinski definition) is 5. The smallest absolute Gasteiger partial charge is 0.321 e. The van der Waals surface area contributed by atoms with E-state index in [2.05, 4.69) is 6.92 Å². The van der Waals surface area contributed by atoms with Crippen LogP contribution in [0.2, 0.25) is 0 Å². The number of amides is 1. The Bertz CT molecular complexity index is 1380. The van der Waals surface area contributed by atoms with Gasteiger partial charge in [-0.15, -0.1) is 0 Å². The van der Waals surface area contributed by atoms with Gasteiger partial charge >= 0.3 is 5.97 Å². The topological polar surface area (TPSA) is 73.7 Å². The van der Waals surface area contributed by atoms with Crippen molar-refractivity contribution in [3.8, 4) is 5.75 Å². The van der Waals surface area contributed by atoms with Gasteiger partial charge in [0.15, 0.2) is 5.92 Å². The first-order valence-electron chi connectivity index (χ1n) is 12.8. The van der Waals surface area contributed by atoms with E-state index in [1.165, 1.54) is 0 Å². The van der Waals surface area contributed by atoms with Crippen molar-refractivity contribution in [2.45, 2.75) is 32.7 Å². The number of ether oxygens (including phenoxy) is 2. The van der Waals surface area contributed by atoms with Crippen LogP contribution in [-0.2, 0) is 20.7 Å².